The Morgan fingerprint density at radius 2 is 1.73 bits per heavy atom. The van der Waals surface area contributed by atoms with Crippen LogP contribution in [0.4, 0.5) is 10.4 Å². The van der Waals surface area contributed by atoms with Gasteiger partial charge < -0.3 is 4.42 Å². The van der Waals surface area contributed by atoms with Crippen molar-refractivity contribution in [1.82, 2.24) is 10.2 Å². The van der Waals surface area contributed by atoms with Crippen LogP contribution >= 0.6 is 0 Å². The summed E-state index contributed by atoms with van der Waals surface area (Å²) in [7, 11) is -3.55. The zero-order valence-corrected chi connectivity index (χ0v) is 14.2. The van der Waals surface area contributed by atoms with Gasteiger partial charge in [0, 0.05) is 12.0 Å². The van der Waals surface area contributed by atoms with Crippen LogP contribution in [0.2, 0.25) is 0 Å². The topological polar surface area (TPSA) is 102 Å². The van der Waals surface area contributed by atoms with Crippen LogP contribution in [0, 0.1) is 5.82 Å². The SMILES string of the molecule is O=C(CCS(=O)(=O)c1ccccc1)Nc1nnc(-c2ccc(F)cc2)o1. The smallest absolute Gasteiger partial charge is 0.322 e. The molecule has 0 saturated carbocycles. The molecule has 0 spiro atoms. The third-order valence-electron chi connectivity index (χ3n) is 3.46. The van der Waals surface area contributed by atoms with Gasteiger partial charge in [-0.05, 0) is 36.4 Å². The van der Waals surface area contributed by atoms with E-state index in [1.165, 1.54) is 36.4 Å². The van der Waals surface area contributed by atoms with Crippen molar-refractivity contribution < 1.29 is 22.0 Å². The number of carbonyl (C=O) groups is 1. The fourth-order valence-corrected chi connectivity index (χ4v) is 3.40. The number of nitrogens with one attached hydrogen (secondary N) is 1. The minimum Gasteiger partial charge on any atom is -0.403 e. The number of hydrogen-bond acceptors (Lipinski definition) is 6. The molecule has 0 radical (unpaired) electrons. The van der Waals surface area contributed by atoms with Gasteiger partial charge >= 0.3 is 6.01 Å². The number of hydrogen-bond donors (Lipinski definition) is 1. The van der Waals surface area contributed by atoms with Crippen molar-refractivity contribution in [2.75, 3.05) is 11.1 Å². The molecule has 1 aromatic heterocycles. The Morgan fingerprint density at radius 3 is 2.42 bits per heavy atom. The molecular weight excluding hydrogens is 361 g/mol. The van der Waals surface area contributed by atoms with Gasteiger partial charge in [-0.2, -0.15) is 0 Å². The molecular formula is C17H14FN3O4S. The Labute approximate surface area is 148 Å². The lowest BCUT2D eigenvalue weighted by Crippen LogP contribution is -2.17. The van der Waals surface area contributed by atoms with Crippen molar-refractivity contribution in [3.05, 3.63) is 60.4 Å². The van der Waals surface area contributed by atoms with Gasteiger partial charge in [-0.3, -0.25) is 10.1 Å². The average Bonchev–Trinajstić information content (AvgIpc) is 3.10. The van der Waals surface area contributed by atoms with Crippen molar-refractivity contribution in [3.8, 4) is 11.5 Å². The van der Waals surface area contributed by atoms with Gasteiger partial charge in [0.25, 0.3) is 0 Å². The minimum absolute atomic E-state index is 0.109. The predicted octanol–water partition coefficient (Wildman–Crippen LogP) is 2.68. The second-order valence-electron chi connectivity index (χ2n) is 5.35. The first-order valence-electron chi connectivity index (χ1n) is 7.61. The third-order valence-corrected chi connectivity index (χ3v) is 5.19. The van der Waals surface area contributed by atoms with E-state index in [1.807, 2.05) is 0 Å². The van der Waals surface area contributed by atoms with E-state index in [-0.39, 0.29) is 29.0 Å². The van der Waals surface area contributed by atoms with Crippen LogP contribution in [0.3, 0.4) is 0 Å². The number of anilines is 1. The van der Waals surface area contributed by atoms with Gasteiger partial charge in [0.1, 0.15) is 5.82 Å². The summed E-state index contributed by atoms with van der Waals surface area (Å²) in [6.07, 6.45) is -0.258. The molecule has 0 bridgehead atoms. The minimum atomic E-state index is -3.55. The van der Waals surface area contributed by atoms with Gasteiger partial charge in [-0.15, -0.1) is 5.10 Å². The monoisotopic (exact) mass is 375 g/mol. The van der Waals surface area contributed by atoms with E-state index in [0.29, 0.717) is 5.56 Å². The molecule has 134 valence electrons. The summed E-state index contributed by atoms with van der Waals surface area (Å²) in [4.78, 5) is 12.1. The summed E-state index contributed by atoms with van der Waals surface area (Å²) in [6, 6.07) is 13.1. The largest absolute Gasteiger partial charge is 0.403 e. The molecule has 0 aliphatic carbocycles. The molecule has 2 aromatic carbocycles. The lowest BCUT2D eigenvalue weighted by atomic mass is 10.2. The first-order chi connectivity index (χ1) is 12.4. The van der Waals surface area contributed by atoms with Gasteiger partial charge in [-0.25, -0.2) is 12.8 Å². The molecule has 3 rings (SSSR count). The molecule has 0 unspecified atom stereocenters. The zero-order valence-electron chi connectivity index (χ0n) is 13.4. The van der Waals surface area contributed by atoms with Crippen LogP contribution in [-0.2, 0) is 14.6 Å². The molecule has 1 amide bonds. The highest BCUT2D eigenvalue weighted by molar-refractivity contribution is 7.91. The Bertz CT molecular complexity index is 1000. The first kappa shape index (κ1) is 17.7. The Hall–Kier alpha value is -3.07. The number of halogens is 1. The van der Waals surface area contributed by atoms with E-state index in [4.69, 9.17) is 4.42 Å². The number of aromatic nitrogens is 2. The van der Waals surface area contributed by atoms with Crippen molar-refractivity contribution in [3.63, 3.8) is 0 Å². The highest BCUT2D eigenvalue weighted by Crippen LogP contribution is 2.20. The maximum atomic E-state index is 12.9. The molecule has 0 saturated heterocycles. The van der Waals surface area contributed by atoms with E-state index in [9.17, 15) is 17.6 Å². The van der Waals surface area contributed by atoms with Gasteiger partial charge in [0.05, 0.1) is 10.6 Å². The summed E-state index contributed by atoms with van der Waals surface area (Å²) in [5.74, 6) is -1.21. The van der Waals surface area contributed by atoms with Crippen molar-refractivity contribution >= 4 is 21.8 Å². The number of amides is 1. The van der Waals surface area contributed by atoms with E-state index in [0.717, 1.165) is 0 Å². The van der Waals surface area contributed by atoms with Crippen molar-refractivity contribution in [1.29, 1.82) is 0 Å². The summed E-state index contributed by atoms with van der Waals surface area (Å²) < 4.78 is 42.5. The fourth-order valence-electron chi connectivity index (χ4n) is 2.14. The number of rotatable bonds is 6. The molecule has 7 nitrogen and oxygen atoms in total. The van der Waals surface area contributed by atoms with E-state index >= 15 is 0 Å². The normalized spacial score (nSPS) is 11.3. The molecule has 26 heavy (non-hydrogen) atoms. The number of nitrogens with zero attached hydrogens (tertiary/aromatic N) is 2. The molecule has 0 fully saturated rings. The molecule has 0 atom stereocenters. The van der Waals surface area contributed by atoms with Crippen LogP contribution in [0.25, 0.3) is 11.5 Å². The summed E-state index contributed by atoms with van der Waals surface area (Å²) in [6.45, 7) is 0. The molecule has 3 aromatic rings. The molecule has 1 N–H and O–H groups in total. The maximum Gasteiger partial charge on any atom is 0.322 e. The van der Waals surface area contributed by atoms with E-state index in [1.54, 1.807) is 18.2 Å². The van der Waals surface area contributed by atoms with Crippen LogP contribution < -0.4 is 5.32 Å². The lowest BCUT2D eigenvalue weighted by Gasteiger charge is -2.03. The Kier molecular flexibility index (Phi) is 5.08. The molecule has 0 aliphatic heterocycles. The van der Waals surface area contributed by atoms with Crippen LogP contribution in [0.1, 0.15) is 6.42 Å². The number of sulfone groups is 1. The standard InChI is InChI=1S/C17H14FN3O4S/c18-13-8-6-12(7-9-13)16-20-21-17(25-16)19-15(22)10-11-26(23,24)14-4-2-1-3-5-14/h1-9H,10-11H2,(H,19,21,22). The van der Waals surface area contributed by atoms with Crippen molar-refractivity contribution in [2.45, 2.75) is 11.3 Å². The molecule has 9 heteroatoms. The first-order valence-corrected chi connectivity index (χ1v) is 9.26. The second-order valence-corrected chi connectivity index (χ2v) is 7.46. The maximum absolute atomic E-state index is 12.9. The third kappa shape index (κ3) is 4.31. The fraction of sp³-hybridized carbons (Fsp3) is 0.118. The highest BCUT2D eigenvalue weighted by atomic mass is 32.2. The quantitative estimate of drug-likeness (QED) is 0.711. The summed E-state index contributed by atoms with van der Waals surface area (Å²) in [5.41, 5.74) is 0.492. The Balaban J connectivity index is 1.60. The van der Waals surface area contributed by atoms with Gasteiger partial charge in [-0.1, -0.05) is 23.3 Å². The number of benzene rings is 2. The van der Waals surface area contributed by atoms with E-state index < -0.39 is 21.6 Å². The molecule has 1 heterocycles. The van der Waals surface area contributed by atoms with Gasteiger partial charge in [0.2, 0.25) is 11.8 Å². The molecule has 0 aliphatic rings. The summed E-state index contributed by atoms with van der Waals surface area (Å²) in [5, 5.41) is 9.77. The second kappa shape index (κ2) is 7.44. The van der Waals surface area contributed by atoms with Crippen LogP contribution in [0.15, 0.2) is 63.9 Å². The predicted molar refractivity (Wildman–Crippen MR) is 91.4 cm³/mol. The average molecular weight is 375 g/mol. The zero-order chi connectivity index (χ0) is 18.6. The summed E-state index contributed by atoms with van der Waals surface area (Å²) >= 11 is 0. The lowest BCUT2D eigenvalue weighted by molar-refractivity contribution is -0.115. The van der Waals surface area contributed by atoms with E-state index in [2.05, 4.69) is 15.5 Å². The Morgan fingerprint density at radius 1 is 1.04 bits per heavy atom. The number of carbonyl (C=O) groups excluding carboxylic acids is 1. The highest BCUT2D eigenvalue weighted by Gasteiger charge is 2.17. The van der Waals surface area contributed by atoms with Crippen molar-refractivity contribution in [2.24, 2.45) is 0 Å². The van der Waals surface area contributed by atoms with Gasteiger partial charge in [0.15, 0.2) is 9.84 Å². The van der Waals surface area contributed by atoms with Crippen LogP contribution in [0.5, 0.6) is 0 Å². The van der Waals surface area contributed by atoms with Crippen LogP contribution in [-0.4, -0.2) is 30.3 Å².